The Hall–Kier alpha value is -0.890. The Kier molecular flexibility index (Phi) is 6.78. The molecule has 0 radical (unpaired) electrons. The van der Waals surface area contributed by atoms with Gasteiger partial charge in [0, 0.05) is 11.3 Å². The zero-order valence-electron chi connectivity index (χ0n) is 21.4. The van der Waals surface area contributed by atoms with Crippen molar-refractivity contribution in [2.75, 3.05) is 13.2 Å². The number of ether oxygens (including phenoxy) is 2. The summed E-state index contributed by atoms with van der Waals surface area (Å²) in [5, 5.41) is 84.4. The number of aliphatic hydroxyl groups excluding tert-OH is 7. The highest BCUT2D eigenvalue weighted by molar-refractivity contribution is 5.77. The van der Waals surface area contributed by atoms with Crippen molar-refractivity contribution < 1.29 is 55.1 Å². The van der Waals surface area contributed by atoms with Crippen LogP contribution in [-0.2, 0) is 14.3 Å². The van der Waals surface area contributed by atoms with E-state index in [1.807, 2.05) is 6.92 Å². The number of carbonyl (C=O) groups excluding carboxylic acids is 1. The predicted octanol–water partition coefficient (Wildman–Crippen LogP) is -1.59. The summed E-state index contributed by atoms with van der Waals surface area (Å²) in [6.45, 7) is 2.65. The molecule has 0 amide bonds. The minimum atomic E-state index is -1.74. The first-order valence-electron chi connectivity index (χ1n) is 13.5. The first kappa shape index (κ1) is 27.7. The molecule has 1 heterocycles. The van der Waals surface area contributed by atoms with Crippen LogP contribution in [0, 0.1) is 34.0 Å². The summed E-state index contributed by atoms with van der Waals surface area (Å²) < 4.78 is 11.0. The number of rotatable bonds is 4. The van der Waals surface area contributed by atoms with Gasteiger partial charge in [0.05, 0.1) is 36.4 Å². The van der Waals surface area contributed by atoms with Crippen LogP contribution in [0.5, 0.6) is 0 Å². The molecule has 11 heteroatoms. The van der Waals surface area contributed by atoms with Crippen molar-refractivity contribution >= 4 is 5.97 Å². The largest absolute Gasteiger partial charge is 0.432 e. The topological polar surface area (TPSA) is 197 Å². The summed E-state index contributed by atoms with van der Waals surface area (Å²) in [6.07, 6.45) is -6.61. The molecule has 5 aliphatic rings. The molecule has 0 aromatic heterocycles. The molecule has 1 spiro atoms. The minimum Gasteiger partial charge on any atom is -0.432 e. The molecular formula is C26H42O11. The van der Waals surface area contributed by atoms with E-state index >= 15 is 0 Å². The molecule has 0 aromatic carbocycles. The molecule has 14 atom stereocenters. The van der Waals surface area contributed by atoms with Crippen molar-refractivity contribution in [3.63, 3.8) is 0 Å². The molecule has 37 heavy (non-hydrogen) atoms. The molecule has 4 saturated carbocycles. The third kappa shape index (κ3) is 3.69. The number of esters is 1. The van der Waals surface area contributed by atoms with Gasteiger partial charge in [-0.3, -0.25) is 4.79 Å². The van der Waals surface area contributed by atoms with Gasteiger partial charge in [-0.1, -0.05) is 13.3 Å². The number of aliphatic hydroxyl groups is 8. The summed E-state index contributed by atoms with van der Waals surface area (Å²) in [5.41, 5.74) is -3.93. The van der Waals surface area contributed by atoms with Crippen LogP contribution < -0.4 is 0 Å². The van der Waals surface area contributed by atoms with Crippen molar-refractivity contribution in [1.82, 2.24) is 0 Å². The Morgan fingerprint density at radius 3 is 2.32 bits per heavy atom. The van der Waals surface area contributed by atoms with Crippen LogP contribution in [0.4, 0.5) is 0 Å². The summed E-state index contributed by atoms with van der Waals surface area (Å²) in [4.78, 5) is 13.7. The molecule has 2 bridgehead atoms. The summed E-state index contributed by atoms with van der Waals surface area (Å²) in [6, 6.07) is 0. The highest BCUT2D eigenvalue weighted by atomic mass is 16.7. The number of hydrogen-bond donors (Lipinski definition) is 8. The van der Waals surface area contributed by atoms with E-state index in [0.717, 1.165) is 0 Å². The summed E-state index contributed by atoms with van der Waals surface area (Å²) >= 11 is 0. The predicted molar refractivity (Wildman–Crippen MR) is 125 cm³/mol. The molecular weight excluding hydrogens is 488 g/mol. The minimum absolute atomic E-state index is 0.0973. The second kappa shape index (κ2) is 9.07. The van der Waals surface area contributed by atoms with Gasteiger partial charge in [0.1, 0.15) is 24.4 Å². The standard InChI is InChI=1S/C26H42O11/c1-23-6-3-7-24(2,22(34)37-21-17(31)16(30)15(29)13(9-27)36-21)19(23)18(32)20(33)25-8-12(4-5-14(23)25)26(35,10-25)11-28/h12-21,27-33,35H,3-11H2,1-2H3/t12-,13+,14-,15+,16-,17+,18-,19-,20-,21-,23-,24+,25+,26+/m0/s1. The van der Waals surface area contributed by atoms with E-state index in [1.54, 1.807) is 6.92 Å². The van der Waals surface area contributed by atoms with Gasteiger partial charge in [-0.25, -0.2) is 0 Å². The van der Waals surface area contributed by atoms with Gasteiger partial charge in [0.25, 0.3) is 0 Å². The van der Waals surface area contributed by atoms with Crippen LogP contribution in [0.3, 0.4) is 0 Å². The van der Waals surface area contributed by atoms with Crippen molar-refractivity contribution in [2.24, 2.45) is 34.0 Å². The lowest BCUT2D eigenvalue weighted by Gasteiger charge is -2.66. The van der Waals surface area contributed by atoms with E-state index in [0.29, 0.717) is 38.5 Å². The normalized spacial score (nSPS) is 57.4. The molecule has 5 fully saturated rings. The Balaban J connectivity index is 1.45. The van der Waals surface area contributed by atoms with Crippen molar-refractivity contribution in [3.8, 4) is 0 Å². The molecule has 8 N–H and O–H groups in total. The van der Waals surface area contributed by atoms with Crippen LogP contribution in [0.15, 0.2) is 0 Å². The maximum atomic E-state index is 13.7. The Morgan fingerprint density at radius 1 is 0.973 bits per heavy atom. The lowest BCUT2D eigenvalue weighted by atomic mass is 9.39. The van der Waals surface area contributed by atoms with Crippen LogP contribution in [0.2, 0.25) is 0 Å². The fourth-order valence-corrected chi connectivity index (χ4v) is 9.52. The Labute approximate surface area is 216 Å². The van der Waals surface area contributed by atoms with E-state index < -0.39 is 89.9 Å². The summed E-state index contributed by atoms with van der Waals surface area (Å²) in [5.74, 6) is -1.72. The summed E-state index contributed by atoms with van der Waals surface area (Å²) in [7, 11) is 0. The van der Waals surface area contributed by atoms with Crippen LogP contribution in [0.1, 0.15) is 58.8 Å². The van der Waals surface area contributed by atoms with E-state index in [4.69, 9.17) is 9.47 Å². The van der Waals surface area contributed by atoms with Gasteiger partial charge in [-0.2, -0.15) is 0 Å². The van der Waals surface area contributed by atoms with Crippen molar-refractivity contribution in [3.05, 3.63) is 0 Å². The molecule has 1 aliphatic heterocycles. The smallest absolute Gasteiger partial charge is 0.314 e. The maximum absolute atomic E-state index is 13.7. The SMILES string of the molecule is C[C@@]12CCC[C@@](C)(C(=O)O[C@@H]3O[C@H](CO)[C@@H](O)[C@H](O)[C@H]3O)[C@H]1[C@H](O)[C@H](O)[C@@]13C[C@H](CC[C@@H]21)[C@](O)(CO)C3. The lowest BCUT2D eigenvalue weighted by molar-refractivity contribution is -0.302. The van der Waals surface area contributed by atoms with Crippen molar-refractivity contribution in [1.29, 1.82) is 0 Å². The fraction of sp³-hybridized carbons (Fsp3) is 0.962. The van der Waals surface area contributed by atoms with Crippen LogP contribution in [-0.4, -0.2) is 109 Å². The molecule has 0 unspecified atom stereocenters. The zero-order chi connectivity index (χ0) is 27.1. The Bertz CT molecular complexity index is 900. The van der Waals surface area contributed by atoms with E-state index in [1.165, 1.54) is 0 Å². The number of carbonyl (C=O) groups is 1. The van der Waals surface area contributed by atoms with Crippen LogP contribution in [0.25, 0.3) is 0 Å². The van der Waals surface area contributed by atoms with Gasteiger partial charge < -0.3 is 50.3 Å². The first-order valence-corrected chi connectivity index (χ1v) is 13.5. The fourth-order valence-electron chi connectivity index (χ4n) is 9.52. The monoisotopic (exact) mass is 530 g/mol. The van der Waals surface area contributed by atoms with Gasteiger partial charge in [-0.05, 0) is 62.7 Å². The molecule has 1 saturated heterocycles. The van der Waals surface area contributed by atoms with Gasteiger partial charge in [0.15, 0.2) is 0 Å². The molecule has 11 nitrogen and oxygen atoms in total. The average Bonchev–Trinajstić information content (AvgIpc) is 3.09. The van der Waals surface area contributed by atoms with Crippen molar-refractivity contribution in [2.45, 2.75) is 107 Å². The van der Waals surface area contributed by atoms with E-state index in [2.05, 4.69) is 0 Å². The highest BCUT2D eigenvalue weighted by Gasteiger charge is 2.74. The third-order valence-corrected chi connectivity index (χ3v) is 11.2. The number of hydrogen-bond acceptors (Lipinski definition) is 11. The number of fused-ring (bicyclic) bond motifs is 3. The molecule has 0 aromatic rings. The molecule has 5 rings (SSSR count). The van der Waals surface area contributed by atoms with Crippen LogP contribution >= 0.6 is 0 Å². The third-order valence-electron chi connectivity index (χ3n) is 11.2. The van der Waals surface area contributed by atoms with Gasteiger partial charge in [-0.15, -0.1) is 0 Å². The molecule has 212 valence electrons. The zero-order valence-corrected chi connectivity index (χ0v) is 21.4. The van der Waals surface area contributed by atoms with Gasteiger partial charge >= 0.3 is 5.97 Å². The van der Waals surface area contributed by atoms with E-state index in [9.17, 15) is 45.6 Å². The molecule has 4 aliphatic carbocycles. The average molecular weight is 531 g/mol. The van der Waals surface area contributed by atoms with E-state index in [-0.39, 0.29) is 18.3 Å². The Morgan fingerprint density at radius 2 is 1.68 bits per heavy atom. The second-order valence-electron chi connectivity index (χ2n) is 13.0. The first-order chi connectivity index (χ1) is 17.3. The highest BCUT2D eigenvalue weighted by Crippen LogP contribution is 2.73. The lowest BCUT2D eigenvalue weighted by Crippen LogP contribution is -2.69. The second-order valence-corrected chi connectivity index (χ2v) is 13.0. The maximum Gasteiger partial charge on any atom is 0.314 e. The quantitative estimate of drug-likeness (QED) is 0.195. The van der Waals surface area contributed by atoms with Gasteiger partial charge in [0.2, 0.25) is 6.29 Å².